The van der Waals surface area contributed by atoms with Crippen LogP contribution in [0.5, 0.6) is 5.75 Å². The maximum Gasteiger partial charge on any atom is 0.266 e. The highest BCUT2D eigenvalue weighted by Crippen LogP contribution is 2.30. The number of nitrogens with zero attached hydrogens (tertiary/aromatic N) is 1. The summed E-state index contributed by atoms with van der Waals surface area (Å²) in [5.41, 5.74) is 2.02. The fraction of sp³-hybridized carbons (Fsp3) is 0.111. The van der Waals surface area contributed by atoms with E-state index >= 15 is 0 Å². The van der Waals surface area contributed by atoms with E-state index in [9.17, 15) is 4.79 Å². The Morgan fingerprint density at radius 3 is 2.52 bits per heavy atom. The minimum Gasteiger partial charge on any atom is -0.493 e. The highest BCUT2D eigenvalue weighted by atomic mass is 79.9. The van der Waals surface area contributed by atoms with Gasteiger partial charge in [0.2, 0.25) is 0 Å². The molecule has 0 spiro atoms. The molecular weight excluding hydrogens is 356 g/mol. The molecule has 2 aromatic carbocycles. The van der Waals surface area contributed by atoms with Crippen LogP contribution in [-0.4, -0.2) is 16.6 Å². The van der Waals surface area contributed by atoms with Crippen LogP contribution < -0.4 is 10.3 Å². The molecule has 0 unspecified atom stereocenters. The molecule has 4 nitrogen and oxygen atoms in total. The number of halogens is 1. The van der Waals surface area contributed by atoms with E-state index in [2.05, 4.69) is 25.9 Å². The van der Waals surface area contributed by atoms with Crippen molar-refractivity contribution in [1.29, 1.82) is 0 Å². The Bertz CT molecular complexity index is 876. The van der Waals surface area contributed by atoms with Crippen molar-refractivity contribution < 1.29 is 4.74 Å². The van der Waals surface area contributed by atoms with E-state index in [1.807, 2.05) is 61.5 Å². The van der Waals surface area contributed by atoms with Gasteiger partial charge in [-0.25, -0.2) is 4.98 Å². The van der Waals surface area contributed by atoms with Gasteiger partial charge >= 0.3 is 0 Å². The first-order valence-electron chi connectivity index (χ1n) is 7.28. The zero-order chi connectivity index (χ0) is 16.2. The Morgan fingerprint density at radius 1 is 1.09 bits per heavy atom. The fourth-order valence-electron chi connectivity index (χ4n) is 2.32. The summed E-state index contributed by atoms with van der Waals surface area (Å²) in [6.07, 6.45) is 0. The lowest BCUT2D eigenvalue weighted by molar-refractivity contribution is 0.341. The smallest absolute Gasteiger partial charge is 0.266 e. The highest BCUT2D eigenvalue weighted by molar-refractivity contribution is 9.10. The maximum atomic E-state index is 12.3. The summed E-state index contributed by atoms with van der Waals surface area (Å²) in [5.74, 6) is 1.18. The summed E-state index contributed by atoms with van der Waals surface area (Å²) in [6.45, 7) is 2.47. The average molecular weight is 371 g/mol. The molecular formula is C18H15BrN2O2. The second kappa shape index (κ2) is 6.79. The third-order valence-electron chi connectivity index (χ3n) is 3.35. The van der Waals surface area contributed by atoms with Crippen LogP contribution in [0.4, 0.5) is 0 Å². The third kappa shape index (κ3) is 3.19. The van der Waals surface area contributed by atoms with Gasteiger partial charge in [0.05, 0.1) is 17.9 Å². The fourth-order valence-corrected chi connectivity index (χ4v) is 2.73. The van der Waals surface area contributed by atoms with E-state index in [1.54, 1.807) is 0 Å². The van der Waals surface area contributed by atoms with Gasteiger partial charge in [0.15, 0.2) is 0 Å². The molecule has 5 heteroatoms. The summed E-state index contributed by atoms with van der Waals surface area (Å²) in [4.78, 5) is 19.7. The molecule has 0 fully saturated rings. The third-order valence-corrected chi connectivity index (χ3v) is 4.09. The van der Waals surface area contributed by atoms with Gasteiger partial charge in [-0.3, -0.25) is 4.79 Å². The zero-order valence-electron chi connectivity index (χ0n) is 12.5. The van der Waals surface area contributed by atoms with Crippen LogP contribution in [0.2, 0.25) is 0 Å². The Balaban J connectivity index is 2.19. The minimum atomic E-state index is -0.222. The normalized spacial score (nSPS) is 10.5. The van der Waals surface area contributed by atoms with Gasteiger partial charge in [-0.05, 0) is 35.0 Å². The number of hydrogen-bond acceptors (Lipinski definition) is 3. The van der Waals surface area contributed by atoms with Gasteiger partial charge in [0.25, 0.3) is 5.56 Å². The number of aromatic amines is 1. The van der Waals surface area contributed by atoms with Crippen molar-refractivity contribution in [3.8, 4) is 28.4 Å². The van der Waals surface area contributed by atoms with Crippen molar-refractivity contribution >= 4 is 15.9 Å². The lowest BCUT2D eigenvalue weighted by atomic mass is 10.1. The van der Waals surface area contributed by atoms with Crippen LogP contribution in [0.15, 0.2) is 63.9 Å². The maximum absolute atomic E-state index is 12.3. The summed E-state index contributed by atoms with van der Waals surface area (Å²) in [7, 11) is 0. The average Bonchev–Trinajstić information content (AvgIpc) is 2.59. The predicted octanol–water partition coefficient (Wildman–Crippen LogP) is 4.27. The van der Waals surface area contributed by atoms with Crippen molar-refractivity contribution in [3.63, 3.8) is 0 Å². The number of ether oxygens (including phenoxy) is 1. The predicted molar refractivity (Wildman–Crippen MR) is 94.6 cm³/mol. The van der Waals surface area contributed by atoms with Crippen molar-refractivity contribution in [1.82, 2.24) is 9.97 Å². The van der Waals surface area contributed by atoms with Gasteiger partial charge in [-0.2, -0.15) is 0 Å². The van der Waals surface area contributed by atoms with Gasteiger partial charge in [0.1, 0.15) is 16.0 Å². The molecule has 1 heterocycles. The van der Waals surface area contributed by atoms with Crippen LogP contribution in [0.25, 0.3) is 22.6 Å². The number of hydrogen-bond donors (Lipinski definition) is 1. The SMILES string of the molecule is CCOc1ccccc1-c1nc(-c2ccccc2)c(Br)c(=O)[nH]1. The van der Waals surface area contributed by atoms with Crippen molar-refractivity contribution in [2.24, 2.45) is 0 Å². The number of rotatable bonds is 4. The molecule has 0 atom stereocenters. The van der Waals surface area contributed by atoms with E-state index in [4.69, 9.17) is 4.74 Å². The van der Waals surface area contributed by atoms with Crippen LogP contribution in [0.3, 0.4) is 0 Å². The molecule has 0 radical (unpaired) electrons. The molecule has 1 aromatic heterocycles. The number of nitrogens with one attached hydrogen (secondary N) is 1. The molecule has 0 aliphatic heterocycles. The lowest BCUT2D eigenvalue weighted by Crippen LogP contribution is -2.12. The molecule has 0 aliphatic rings. The monoisotopic (exact) mass is 370 g/mol. The molecule has 0 bridgehead atoms. The standard InChI is InChI=1S/C18H15BrN2O2/c1-2-23-14-11-7-6-10-13(14)17-20-16(15(19)18(22)21-17)12-8-4-3-5-9-12/h3-11H,2H2,1H3,(H,20,21,22). The van der Waals surface area contributed by atoms with Crippen molar-refractivity contribution in [2.45, 2.75) is 6.92 Å². The molecule has 1 N–H and O–H groups in total. The Morgan fingerprint density at radius 2 is 1.78 bits per heavy atom. The second-order valence-electron chi connectivity index (χ2n) is 4.87. The van der Waals surface area contributed by atoms with Crippen LogP contribution in [0, 0.1) is 0 Å². The largest absolute Gasteiger partial charge is 0.493 e. The first-order valence-corrected chi connectivity index (χ1v) is 8.07. The summed E-state index contributed by atoms with van der Waals surface area (Å²) >= 11 is 3.34. The molecule has 0 saturated heterocycles. The quantitative estimate of drug-likeness (QED) is 0.746. The number of H-pyrrole nitrogens is 1. The van der Waals surface area contributed by atoms with Crippen molar-refractivity contribution in [3.05, 3.63) is 69.4 Å². The summed E-state index contributed by atoms with van der Waals surface area (Å²) in [6, 6.07) is 17.1. The highest BCUT2D eigenvalue weighted by Gasteiger charge is 2.14. The van der Waals surface area contributed by atoms with E-state index < -0.39 is 0 Å². The zero-order valence-corrected chi connectivity index (χ0v) is 14.1. The molecule has 0 amide bonds. The van der Waals surface area contributed by atoms with E-state index in [1.165, 1.54) is 0 Å². The Labute approximate surface area is 142 Å². The Kier molecular flexibility index (Phi) is 4.57. The first-order chi connectivity index (χ1) is 11.2. The molecule has 3 rings (SSSR count). The molecule has 116 valence electrons. The van der Waals surface area contributed by atoms with E-state index in [0.717, 1.165) is 11.1 Å². The minimum absolute atomic E-state index is 0.222. The molecule has 23 heavy (non-hydrogen) atoms. The number of benzene rings is 2. The topological polar surface area (TPSA) is 55.0 Å². The van der Waals surface area contributed by atoms with Crippen LogP contribution in [0.1, 0.15) is 6.92 Å². The first kappa shape index (κ1) is 15.5. The summed E-state index contributed by atoms with van der Waals surface area (Å²) in [5, 5.41) is 0. The lowest BCUT2D eigenvalue weighted by Gasteiger charge is -2.11. The Hall–Kier alpha value is -2.40. The van der Waals surface area contributed by atoms with Crippen LogP contribution in [-0.2, 0) is 0 Å². The number of para-hydroxylation sites is 1. The number of aromatic nitrogens is 2. The molecule has 0 saturated carbocycles. The van der Waals surface area contributed by atoms with E-state index in [-0.39, 0.29) is 5.56 Å². The van der Waals surface area contributed by atoms with Gasteiger partial charge in [0, 0.05) is 5.56 Å². The van der Waals surface area contributed by atoms with Crippen LogP contribution >= 0.6 is 15.9 Å². The summed E-state index contributed by atoms with van der Waals surface area (Å²) < 4.78 is 6.05. The van der Waals surface area contributed by atoms with Crippen molar-refractivity contribution in [2.75, 3.05) is 6.61 Å². The van der Waals surface area contributed by atoms with Gasteiger partial charge in [-0.1, -0.05) is 42.5 Å². The molecule has 0 aliphatic carbocycles. The van der Waals surface area contributed by atoms with Gasteiger partial charge in [-0.15, -0.1) is 0 Å². The van der Waals surface area contributed by atoms with Gasteiger partial charge < -0.3 is 9.72 Å². The second-order valence-corrected chi connectivity index (χ2v) is 5.67. The van der Waals surface area contributed by atoms with E-state index in [0.29, 0.717) is 28.3 Å². The molecule has 3 aromatic rings.